The van der Waals surface area contributed by atoms with E-state index in [9.17, 15) is 13.2 Å². The Kier molecular flexibility index (Phi) is 4.65. The summed E-state index contributed by atoms with van der Waals surface area (Å²) in [5.74, 6) is -0.813. The summed E-state index contributed by atoms with van der Waals surface area (Å²) in [6, 6.07) is 8.34. The second-order valence-corrected chi connectivity index (χ2v) is 5.68. The molecule has 1 amide bonds. The molecule has 94 valence electrons. The number of amides is 1. The van der Waals surface area contributed by atoms with Crippen molar-refractivity contribution < 1.29 is 13.2 Å². The van der Waals surface area contributed by atoms with Crippen molar-refractivity contribution >= 4 is 15.9 Å². The van der Waals surface area contributed by atoms with Gasteiger partial charge in [-0.3, -0.25) is 9.52 Å². The van der Waals surface area contributed by atoms with Gasteiger partial charge >= 0.3 is 0 Å². The molecule has 0 fully saturated rings. The minimum atomic E-state index is -3.54. The molecule has 1 aromatic rings. The van der Waals surface area contributed by atoms with Gasteiger partial charge in [0.25, 0.3) is 5.91 Å². The first kappa shape index (κ1) is 13.7. The van der Waals surface area contributed by atoms with Crippen LogP contribution in [0.2, 0.25) is 0 Å². The zero-order valence-electron chi connectivity index (χ0n) is 9.59. The van der Waals surface area contributed by atoms with Gasteiger partial charge in [-0.15, -0.1) is 0 Å². The summed E-state index contributed by atoms with van der Waals surface area (Å²) in [6.07, 6.45) is 0.311. The lowest BCUT2D eigenvalue weighted by Crippen LogP contribution is -2.45. The molecule has 1 rings (SSSR count). The summed E-state index contributed by atoms with van der Waals surface area (Å²) in [5, 5.41) is 0. The maximum atomic E-state index is 11.5. The highest BCUT2D eigenvalue weighted by molar-refractivity contribution is 7.90. The van der Waals surface area contributed by atoms with Crippen LogP contribution in [0.5, 0.6) is 0 Å². The lowest BCUT2D eigenvalue weighted by atomic mass is 10.1. The second kappa shape index (κ2) is 5.79. The van der Waals surface area contributed by atoms with Gasteiger partial charge in [0, 0.05) is 0 Å². The summed E-state index contributed by atoms with van der Waals surface area (Å²) < 4.78 is 24.3. The predicted octanol–water partition coefficient (Wildman–Crippen LogP) is 0.0223. The van der Waals surface area contributed by atoms with E-state index in [0.717, 1.165) is 5.56 Å². The number of nitrogens with two attached hydrogens (primary N) is 1. The van der Waals surface area contributed by atoms with E-state index in [0.29, 0.717) is 6.42 Å². The Morgan fingerprint density at radius 3 is 2.47 bits per heavy atom. The van der Waals surface area contributed by atoms with Gasteiger partial charge in [-0.25, -0.2) is 8.42 Å². The van der Waals surface area contributed by atoms with Gasteiger partial charge < -0.3 is 5.73 Å². The molecule has 0 bridgehead atoms. The highest BCUT2D eigenvalue weighted by Crippen LogP contribution is 2.02. The molecule has 0 aliphatic rings. The molecule has 0 aliphatic heterocycles. The van der Waals surface area contributed by atoms with Gasteiger partial charge in [-0.05, 0) is 18.9 Å². The van der Waals surface area contributed by atoms with Crippen molar-refractivity contribution in [2.45, 2.75) is 19.4 Å². The molecule has 1 aromatic carbocycles. The summed E-state index contributed by atoms with van der Waals surface area (Å²) in [5.41, 5.74) is 6.53. The Bertz CT molecular complexity index is 471. The Hall–Kier alpha value is -1.40. The summed E-state index contributed by atoms with van der Waals surface area (Å²) in [7, 11) is -3.54. The second-order valence-electron chi connectivity index (χ2n) is 3.67. The van der Waals surface area contributed by atoms with Crippen LogP contribution in [0.4, 0.5) is 0 Å². The van der Waals surface area contributed by atoms with Crippen LogP contribution in [0.3, 0.4) is 0 Å². The monoisotopic (exact) mass is 256 g/mol. The number of benzene rings is 1. The smallest absolute Gasteiger partial charge is 0.250 e. The zero-order chi connectivity index (χ0) is 12.9. The molecule has 0 aromatic heterocycles. The molecule has 0 aliphatic carbocycles. The zero-order valence-corrected chi connectivity index (χ0v) is 10.4. The normalized spacial score (nSPS) is 13.1. The number of sulfonamides is 1. The molecule has 0 saturated carbocycles. The third kappa shape index (κ3) is 4.54. The molecule has 5 nitrogen and oxygen atoms in total. The largest absolute Gasteiger partial charge is 0.320 e. The van der Waals surface area contributed by atoms with E-state index in [4.69, 9.17) is 5.73 Å². The quantitative estimate of drug-likeness (QED) is 0.777. The van der Waals surface area contributed by atoms with Crippen molar-refractivity contribution in [3.63, 3.8) is 0 Å². The van der Waals surface area contributed by atoms with Crippen molar-refractivity contribution in [1.82, 2.24) is 4.72 Å². The van der Waals surface area contributed by atoms with E-state index in [1.165, 1.54) is 6.92 Å². The Morgan fingerprint density at radius 1 is 1.35 bits per heavy atom. The van der Waals surface area contributed by atoms with Crippen molar-refractivity contribution in [2.24, 2.45) is 5.73 Å². The maximum Gasteiger partial charge on any atom is 0.250 e. The number of nitrogens with one attached hydrogen (secondary N) is 1. The standard InChI is InChI=1S/C11H16N2O3S/c1-2-17(15,16)13-11(14)10(12)8-9-6-4-3-5-7-9/h3-7,10H,2,8,12H2,1H3,(H,13,14)/t10-/m0/s1. The van der Waals surface area contributed by atoms with Gasteiger partial charge in [0.05, 0.1) is 11.8 Å². The third-order valence-corrected chi connectivity index (χ3v) is 3.54. The minimum absolute atomic E-state index is 0.142. The van der Waals surface area contributed by atoms with Crippen LogP contribution in [0.1, 0.15) is 12.5 Å². The van der Waals surface area contributed by atoms with Crippen LogP contribution in [-0.2, 0) is 21.2 Å². The number of hydrogen-bond acceptors (Lipinski definition) is 4. The van der Waals surface area contributed by atoms with E-state index in [-0.39, 0.29) is 5.75 Å². The van der Waals surface area contributed by atoms with Gasteiger partial charge in [0.1, 0.15) is 0 Å². The highest BCUT2D eigenvalue weighted by atomic mass is 32.2. The Morgan fingerprint density at radius 2 is 1.94 bits per heavy atom. The molecular weight excluding hydrogens is 240 g/mol. The number of hydrogen-bond donors (Lipinski definition) is 2. The van der Waals surface area contributed by atoms with Crippen LogP contribution in [0.25, 0.3) is 0 Å². The average molecular weight is 256 g/mol. The van der Waals surface area contributed by atoms with E-state index >= 15 is 0 Å². The fourth-order valence-corrected chi connectivity index (χ4v) is 1.86. The summed E-state index contributed by atoms with van der Waals surface area (Å²) >= 11 is 0. The van der Waals surface area contributed by atoms with Gasteiger partial charge in [-0.2, -0.15) is 0 Å². The van der Waals surface area contributed by atoms with Crippen LogP contribution in [0, 0.1) is 0 Å². The lowest BCUT2D eigenvalue weighted by Gasteiger charge is -2.11. The molecule has 3 N–H and O–H groups in total. The van der Waals surface area contributed by atoms with Crippen LogP contribution in [-0.4, -0.2) is 26.1 Å². The van der Waals surface area contributed by atoms with Crippen molar-refractivity contribution in [3.05, 3.63) is 35.9 Å². The number of rotatable bonds is 5. The molecule has 6 heteroatoms. The first-order valence-electron chi connectivity index (χ1n) is 5.28. The van der Waals surface area contributed by atoms with Crippen molar-refractivity contribution in [3.8, 4) is 0 Å². The maximum absolute atomic E-state index is 11.5. The molecule has 0 unspecified atom stereocenters. The molecule has 0 spiro atoms. The van der Waals surface area contributed by atoms with E-state index < -0.39 is 22.0 Å². The van der Waals surface area contributed by atoms with E-state index in [1.807, 2.05) is 35.1 Å². The topological polar surface area (TPSA) is 89.3 Å². The first-order chi connectivity index (χ1) is 7.94. The van der Waals surface area contributed by atoms with Gasteiger partial charge in [0.2, 0.25) is 10.0 Å². The SMILES string of the molecule is CCS(=O)(=O)NC(=O)[C@@H](N)Cc1ccccc1. The molecule has 17 heavy (non-hydrogen) atoms. The summed E-state index contributed by atoms with van der Waals surface area (Å²) in [6.45, 7) is 1.46. The molecule has 0 saturated heterocycles. The Balaban J connectivity index is 2.60. The molecule has 0 radical (unpaired) electrons. The van der Waals surface area contributed by atoms with Crippen LogP contribution >= 0.6 is 0 Å². The molecule has 0 heterocycles. The fraction of sp³-hybridized carbons (Fsp3) is 0.364. The van der Waals surface area contributed by atoms with Crippen LogP contribution < -0.4 is 10.5 Å². The number of carbonyl (C=O) groups excluding carboxylic acids is 1. The molecular formula is C11H16N2O3S. The first-order valence-corrected chi connectivity index (χ1v) is 6.93. The van der Waals surface area contributed by atoms with Crippen LogP contribution in [0.15, 0.2) is 30.3 Å². The molecule has 1 atom stereocenters. The van der Waals surface area contributed by atoms with E-state index in [2.05, 4.69) is 0 Å². The van der Waals surface area contributed by atoms with Crippen molar-refractivity contribution in [1.29, 1.82) is 0 Å². The fourth-order valence-electron chi connectivity index (χ4n) is 1.26. The third-order valence-electron chi connectivity index (χ3n) is 2.27. The minimum Gasteiger partial charge on any atom is -0.320 e. The van der Waals surface area contributed by atoms with Gasteiger partial charge in [0.15, 0.2) is 0 Å². The number of carbonyl (C=O) groups is 1. The van der Waals surface area contributed by atoms with Gasteiger partial charge in [-0.1, -0.05) is 30.3 Å². The van der Waals surface area contributed by atoms with E-state index in [1.54, 1.807) is 0 Å². The predicted molar refractivity (Wildman–Crippen MR) is 65.7 cm³/mol. The Labute approximate surface area is 101 Å². The lowest BCUT2D eigenvalue weighted by molar-refractivity contribution is -0.120. The highest BCUT2D eigenvalue weighted by Gasteiger charge is 2.18. The van der Waals surface area contributed by atoms with Crippen molar-refractivity contribution in [2.75, 3.05) is 5.75 Å². The average Bonchev–Trinajstić information content (AvgIpc) is 2.30. The summed E-state index contributed by atoms with van der Waals surface area (Å²) in [4.78, 5) is 11.5.